The second kappa shape index (κ2) is 16.3. The molecule has 1 saturated carbocycles. The second-order valence-electron chi connectivity index (χ2n) is 10.2. The molecule has 0 aromatic heterocycles. The van der Waals surface area contributed by atoms with Crippen molar-refractivity contribution >= 4 is 29.4 Å². The highest BCUT2D eigenvalue weighted by molar-refractivity contribution is 5.91. The number of benzene rings is 2. The van der Waals surface area contributed by atoms with Crippen molar-refractivity contribution in [3.05, 3.63) is 72.3 Å². The molecule has 0 unspecified atom stereocenters. The first-order valence-corrected chi connectivity index (χ1v) is 13.9. The Labute approximate surface area is 232 Å². The van der Waals surface area contributed by atoms with Crippen molar-refractivity contribution in [2.24, 2.45) is 11.8 Å². The van der Waals surface area contributed by atoms with Crippen molar-refractivity contribution in [3.63, 3.8) is 0 Å². The fourth-order valence-corrected chi connectivity index (χ4v) is 4.74. The zero-order valence-electron chi connectivity index (χ0n) is 22.8. The summed E-state index contributed by atoms with van der Waals surface area (Å²) in [6, 6.07) is 12.4. The maximum absolute atomic E-state index is 12.0. The number of anilines is 2. The summed E-state index contributed by atoms with van der Waals surface area (Å²) in [6.45, 7) is 5.28. The number of esters is 2. The molecule has 39 heavy (non-hydrogen) atoms. The number of hydrogen-bond donors (Lipinski definition) is 2. The lowest BCUT2D eigenvalue weighted by atomic mass is 9.81. The first-order valence-electron chi connectivity index (χ1n) is 13.9. The molecule has 0 spiro atoms. The Hall–Kier alpha value is -3.74. The molecule has 3 rings (SSSR count). The van der Waals surface area contributed by atoms with E-state index in [4.69, 9.17) is 25.7 Å². The molecule has 0 radical (unpaired) electrons. The molecule has 210 valence electrons. The normalized spacial score (nSPS) is 17.0. The van der Waals surface area contributed by atoms with E-state index in [1.54, 1.807) is 24.3 Å². The minimum absolute atomic E-state index is 0.316. The maximum atomic E-state index is 12.0. The fourth-order valence-electron chi connectivity index (χ4n) is 4.74. The van der Waals surface area contributed by atoms with E-state index in [-0.39, 0.29) is 5.97 Å². The monoisotopic (exact) mass is 534 g/mol. The van der Waals surface area contributed by atoms with Crippen LogP contribution in [-0.4, -0.2) is 31.8 Å². The van der Waals surface area contributed by atoms with Gasteiger partial charge < -0.3 is 25.7 Å². The smallest absolute Gasteiger partial charge is 0.338 e. The molecule has 0 heterocycles. The molecule has 0 saturated heterocycles. The van der Waals surface area contributed by atoms with Crippen LogP contribution >= 0.6 is 0 Å². The van der Waals surface area contributed by atoms with Gasteiger partial charge in [0.25, 0.3) is 0 Å². The Morgan fingerprint density at radius 3 is 2.10 bits per heavy atom. The molecular weight excluding hydrogens is 492 g/mol. The van der Waals surface area contributed by atoms with Crippen molar-refractivity contribution in [1.82, 2.24) is 0 Å². The lowest BCUT2D eigenvalue weighted by Gasteiger charge is -2.27. The Kier molecular flexibility index (Phi) is 12.4. The van der Waals surface area contributed by atoms with Gasteiger partial charge in [0.15, 0.2) is 0 Å². The van der Waals surface area contributed by atoms with Crippen LogP contribution in [0.4, 0.5) is 11.4 Å². The molecule has 4 N–H and O–H groups in total. The zero-order chi connectivity index (χ0) is 27.9. The highest BCUT2D eigenvalue weighted by Crippen LogP contribution is 2.31. The predicted octanol–water partition coefficient (Wildman–Crippen LogP) is 6.59. The van der Waals surface area contributed by atoms with Gasteiger partial charge in [0.2, 0.25) is 0 Å². The van der Waals surface area contributed by atoms with Crippen LogP contribution in [0.3, 0.4) is 0 Å². The molecule has 0 aliphatic heterocycles. The molecular formula is C32H42N2O5. The van der Waals surface area contributed by atoms with E-state index in [9.17, 15) is 9.59 Å². The Bertz CT molecular complexity index is 1070. The van der Waals surface area contributed by atoms with Crippen LogP contribution in [0.2, 0.25) is 0 Å². The number of ether oxygens (including phenoxy) is 3. The summed E-state index contributed by atoms with van der Waals surface area (Å²) in [5.41, 5.74) is 13.5. The number of unbranched alkanes of at least 4 members (excludes halogenated alkanes) is 3. The Balaban J connectivity index is 1.22. The largest absolute Gasteiger partial charge is 0.493 e. The van der Waals surface area contributed by atoms with Crippen LogP contribution in [0, 0.1) is 11.8 Å². The molecule has 0 amide bonds. The first kappa shape index (κ1) is 29.8. The number of hydrogen-bond acceptors (Lipinski definition) is 7. The molecule has 7 heteroatoms. The quantitative estimate of drug-likeness (QED) is 0.0871. The van der Waals surface area contributed by atoms with Crippen molar-refractivity contribution in [2.75, 3.05) is 31.3 Å². The second-order valence-corrected chi connectivity index (χ2v) is 10.2. The van der Waals surface area contributed by atoms with E-state index in [0.717, 1.165) is 55.9 Å². The van der Waals surface area contributed by atoms with Crippen LogP contribution in [0.15, 0.2) is 61.2 Å². The van der Waals surface area contributed by atoms with Gasteiger partial charge in [0.1, 0.15) is 5.75 Å². The number of carbonyl (C=O) groups is 2. The summed E-state index contributed by atoms with van der Waals surface area (Å²) in [6.07, 6.45) is 14.5. The summed E-state index contributed by atoms with van der Waals surface area (Å²) in [5.74, 6) is 1.47. The van der Waals surface area contributed by atoms with E-state index < -0.39 is 5.97 Å². The summed E-state index contributed by atoms with van der Waals surface area (Å²) >= 11 is 0. The molecule has 0 bridgehead atoms. The molecule has 1 fully saturated rings. The third-order valence-electron chi connectivity index (χ3n) is 6.97. The van der Waals surface area contributed by atoms with Crippen LogP contribution < -0.4 is 16.2 Å². The molecule has 2 aromatic carbocycles. The van der Waals surface area contributed by atoms with Crippen LogP contribution in [0.1, 0.15) is 73.7 Å². The molecule has 1 aliphatic rings. The average Bonchev–Trinajstić information content (AvgIpc) is 2.93. The van der Waals surface area contributed by atoms with Gasteiger partial charge in [-0.1, -0.05) is 18.2 Å². The van der Waals surface area contributed by atoms with Gasteiger partial charge >= 0.3 is 11.9 Å². The number of carbonyl (C=O) groups excluding carboxylic acids is 2. The topological polar surface area (TPSA) is 114 Å². The fraction of sp³-hybridized carbons (Fsp3) is 0.438. The summed E-state index contributed by atoms with van der Waals surface area (Å²) in [4.78, 5) is 24.1. The van der Waals surface area contributed by atoms with E-state index in [2.05, 4.69) is 6.58 Å². The van der Waals surface area contributed by atoms with Crippen LogP contribution in [0.25, 0.3) is 6.08 Å². The van der Waals surface area contributed by atoms with Gasteiger partial charge in [0, 0.05) is 17.5 Å². The summed E-state index contributed by atoms with van der Waals surface area (Å²) in [7, 11) is 0. The van der Waals surface area contributed by atoms with Crippen molar-refractivity contribution < 1.29 is 23.8 Å². The Morgan fingerprint density at radius 2 is 1.46 bits per heavy atom. The van der Waals surface area contributed by atoms with Gasteiger partial charge in [-0.3, -0.25) is 0 Å². The van der Waals surface area contributed by atoms with Crippen molar-refractivity contribution in [2.45, 2.75) is 57.8 Å². The molecule has 7 nitrogen and oxygen atoms in total. The SMILES string of the molecule is C=CCC1CCC(COc2ccc(C=CC(=O)OCCCCCCOC(=O)c3cc(N)cc(N)c3)cc2)CC1. The lowest BCUT2D eigenvalue weighted by molar-refractivity contribution is -0.137. The first-order chi connectivity index (χ1) is 18.9. The highest BCUT2D eigenvalue weighted by atomic mass is 16.5. The standard InChI is InChI=1S/C32H42N2O5/c1-2-7-24-8-10-26(11-9-24)23-39-30-15-12-25(13-16-30)14-17-31(35)37-18-5-3-4-6-19-38-32(36)27-20-28(33)22-29(34)21-27/h2,12-17,20-22,24,26H,1,3-11,18-19,23,33-34H2. The zero-order valence-corrected chi connectivity index (χ0v) is 22.8. The number of rotatable bonds is 15. The lowest BCUT2D eigenvalue weighted by Crippen LogP contribution is -2.19. The van der Waals surface area contributed by atoms with Crippen molar-refractivity contribution in [1.29, 1.82) is 0 Å². The van der Waals surface area contributed by atoms with E-state index in [1.165, 1.54) is 31.8 Å². The van der Waals surface area contributed by atoms with Gasteiger partial charge in [-0.15, -0.1) is 6.58 Å². The predicted molar refractivity (Wildman–Crippen MR) is 156 cm³/mol. The number of allylic oxidation sites excluding steroid dienone is 1. The minimum atomic E-state index is -0.436. The number of nitrogens with two attached hydrogens (primary N) is 2. The summed E-state index contributed by atoms with van der Waals surface area (Å²) in [5, 5.41) is 0. The average molecular weight is 535 g/mol. The molecule has 0 atom stereocenters. The van der Waals surface area contributed by atoms with E-state index in [0.29, 0.717) is 36.1 Å². The third kappa shape index (κ3) is 11.3. The maximum Gasteiger partial charge on any atom is 0.338 e. The molecule has 2 aromatic rings. The number of nitrogen functional groups attached to an aromatic ring is 2. The van der Waals surface area contributed by atoms with Crippen molar-refractivity contribution in [3.8, 4) is 5.75 Å². The van der Waals surface area contributed by atoms with Crippen LogP contribution in [0.5, 0.6) is 5.75 Å². The van der Waals surface area contributed by atoms with Gasteiger partial charge in [-0.2, -0.15) is 0 Å². The Morgan fingerprint density at radius 1 is 0.846 bits per heavy atom. The third-order valence-corrected chi connectivity index (χ3v) is 6.97. The highest BCUT2D eigenvalue weighted by Gasteiger charge is 2.20. The molecule has 1 aliphatic carbocycles. The van der Waals surface area contributed by atoms with E-state index >= 15 is 0 Å². The van der Waals surface area contributed by atoms with Gasteiger partial charge in [-0.05, 0) is 112 Å². The van der Waals surface area contributed by atoms with Gasteiger partial charge in [-0.25, -0.2) is 9.59 Å². The van der Waals surface area contributed by atoms with Crippen LogP contribution in [-0.2, 0) is 14.3 Å². The summed E-state index contributed by atoms with van der Waals surface area (Å²) < 4.78 is 16.5. The van der Waals surface area contributed by atoms with Gasteiger partial charge in [0.05, 0.1) is 25.4 Å². The minimum Gasteiger partial charge on any atom is -0.493 e. The van der Waals surface area contributed by atoms with E-state index in [1.807, 2.05) is 30.3 Å².